The van der Waals surface area contributed by atoms with Crippen LogP contribution in [0.25, 0.3) is 0 Å². The van der Waals surface area contributed by atoms with Crippen molar-refractivity contribution in [2.75, 3.05) is 0 Å². The zero-order chi connectivity index (χ0) is 10.9. The Balaban J connectivity index is -0.0000000101. The van der Waals surface area contributed by atoms with Crippen LogP contribution < -0.4 is 0 Å². The zero-order valence-corrected chi connectivity index (χ0v) is 19.7. The topological polar surface area (TPSA) is 12.9 Å². The van der Waals surface area contributed by atoms with Crippen LogP contribution in [-0.2, 0) is 53.8 Å². The van der Waals surface area contributed by atoms with Crippen molar-refractivity contribution in [2.24, 2.45) is 0 Å². The number of hydrogen-bond donors (Lipinski definition) is 0. The molecule has 1 radical (unpaired) electrons. The molecule has 0 bridgehead atoms. The molecule has 0 amide bonds. The molecule has 0 fully saturated rings. The first-order chi connectivity index (χ1) is 6.41. The second kappa shape index (κ2) is 96.7. The Labute approximate surface area is 165 Å². The van der Waals surface area contributed by atoms with E-state index < -0.39 is 0 Å². The fraction of sp³-hybridized carbons (Fsp3) is 0.500. The second-order valence-electron chi connectivity index (χ2n) is 1.67. The molecule has 1 heterocycles. The maximum absolute atomic E-state index is 3.66. The molecule has 0 aliphatic carbocycles. The van der Waals surface area contributed by atoms with Gasteiger partial charge in [-0.3, -0.25) is 0 Å². The first kappa shape index (κ1) is 59.8. The van der Waals surface area contributed by atoms with Gasteiger partial charge in [0.1, 0.15) is 0 Å². The van der Waals surface area contributed by atoms with Crippen molar-refractivity contribution in [1.82, 2.24) is 4.98 Å². The summed E-state index contributed by atoms with van der Waals surface area (Å²) in [7, 11) is 0. The van der Waals surface area contributed by atoms with Crippen molar-refractivity contribution >= 4 is 0 Å². The van der Waals surface area contributed by atoms with E-state index in [2.05, 4.69) is 25.0 Å². The summed E-state index contributed by atoms with van der Waals surface area (Å²) in [5.74, 6) is 0. The Morgan fingerprint density at radius 2 is 1.21 bits per heavy atom. The van der Waals surface area contributed by atoms with Crippen molar-refractivity contribution < 1.29 is 53.8 Å². The van der Waals surface area contributed by atoms with E-state index in [0.717, 1.165) is 0 Å². The van der Waals surface area contributed by atoms with Gasteiger partial charge in [0, 0.05) is 32.7 Å². The van der Waals surface area contributed by atoms with E-state index >= 15 is 0 Å². The zero-order valence-electron chi connectivity index (χ0n) is 13.9. The van der Waals surface area contributed by atoms with E-state index in [1.54, 1.807) is 12.3 Å². The predicted molar refractivity (Wildman–Crippen MR) is 87.7 cm³/mol. The van der Waals surface area contributed by atoms with E-state index in [4.69, 9.17) is 0 Å². The summed E-state index contributed by atoms with van der Waals surface area (Å²) in [5.41, 5.74) is 0. The van der Waals surface area contributed by atoms with Crippen LogP contribution in [0.15, 0.2) is 24.4 Å². The quantitative estimate of drug-likeness (QED) is 0.368. The van der Waals surface area contributed by atoms with E-state index in [-0.39, 0.29) is 83.5 Å². The smallest absolute Gasteiger partial charge is 0.394 e. The van der Waals surface area contributed by atoms with Crippen LogP contribution in [0.4, 0.5) is 0 Å². The van der Waals surface area contributed by atoms with Crippen LogP contribution in [-0.4, -0.2) is 4.98 Å². The van der Waals surface area contributed by atoms with Crippen LogP contribution in [0.2, 0.25) is 0 Å². The normalized spacial score (nSPS) is 4.11. The maximum Gasteiger partial charge on any atom is 2.00 e. The van der Waals surface area contributed by atoms with Gasteiger partial charge < -0.3 is 27.3 Å². The number of aromatic nitrogens is 1. The predicted octanol–water partition coefficient (Wildman–Crippen LogP) is 6.33. The fourth-order valence-corrected chi connectivity index (χ4v) is 0.277. The summed E-state index contributed by atoms with van der Waals surface area (Å²) in [4.78, 5) is 3.66. The Morgan fingerprint density at radius 3 is 1.26 bits per heavy atom. The third kappa shape index (κ3) is 113. The first-order valence-electron chi connectivity index (χ1n) is 5.18. The summed E-state index contributed by atoms with van der Waals surface area (Å²) in [6.07, 6.45) is 5.59. The number of rotatable bonds is 0. The summed E-state index contributed by atoms with van der Waals surface area (Å²) in [6.45, 7) is 12.2. The minimum absolute atomic E-state index is 0. The molecule has 0 aliphatic rings. The van der Waals surface area contributed by atoms with E-state index in [0.29, 0.717) is 0 Å². The van der Waals surface area contributed by atoms with Crippen molar-refractivity contribution in [3.05, 3.63) is 52.9 Å². The van der Waals surface area contributed by atoms with Gasteiger partial charge in [0.25, 0.3) is 0 Å². The van der Waals surface area contributed by atoms with Crippen LogP contribution in [0, 0.1) is 28.5 Å². The molecule has 0 saturated carbocycles. The molecule has 0 atom stereocenters. The van der Waals surface area contributed by atoms with Gasteiger partial charge in [0.15, 0.2) is 0 Å². The van der Waals surface area contributed by atoms with Gasteiger partial charge in [-0.25, -0.2) is 0 Å². The van der Waals surface area contributed by atoms with Crippen LogP contribution in [0.3, 0.4) is 0 Å². The first-order valence-corrected chi connectivity index (χ1v) is 5.18. The average molecular weight is 516 g/mol. The van der Waals surface area contributed by atoms with Crippen molar-refractivity contribution in [3.63, 3.8) is 0 Å². The minimum Gasteiger partial charge on any atom is -0.394 e. The largest absolute Gasteiger partial charge is 2.00 e. The molecule has 1 rings (SSSR count). The molecule has 0 N–H and O–H groups in total. The molecule has 0 aromatic carbocycles. The number of nitrogens with zero attached hydrogens (tertiary/aromatic N) is 1. The Morgan fingerprint density at radius 1 is 0.895 bits per heavy atom. The van der Waals surface area contributed by atoms with Gasteiger partial charge in [-0.2, -0.15) is 18.2 Å². The van der Waals surface area contributed by atoms with Crippen molar-refractivity contribution in [1.29, 1.82) is 0 Å². The second-order valence-corrected chi connectivity index (χ2v) is 1.67. The molecule has 1 aromatic heterocycles. The van der Waals surface area contributed by atoms with Gasteiger partial charge in [0.2, 0.25) is 0 Å². The molecule has 3 heteroatoms. The Bertz CT molecular complexity index is 99.6. The van der Waals surface area contributed by atoms with E-state index in [9.17, 15) is 0 Å². The number of hydrogen-bond acceptors (Lipinski definition) is 1. The summed E-state index contributed by atoms with van der Waals surface area (Å²) in [5, 5.41) is 0. The van der Waals surface area contributed by atoms with E-state index in [1.807, 2.05) is 39.8 Å². The van der Waals surface area contributed by atoms with E-state index in [1.165, 1.54) is 6.42 Å². The molecule has 0 saturated heterocycles. The van der Waals surface area contributed by atoms with Crippen molar-refractivity contribution in [3.8, 4) is 0 Å². The fourth-order valence-electron chi connectivity index (χ4n) is 0.277. The summed E-state index contributed by atoms with van der Waals surface area (Å²) in [6, 6.07) is 5.50. The number of pyridine rings is 1. The molecule has 0 spiro atoms. The molecule has 19 heavy (non-hydrogen) atoms. The minimum atomic E-state index is 0. The summed E-state index contributed by atoms with van der Waals surface area (Å²) < 4.78 is 0. The Kier molecular flexibility index (Phi) is 304. The molecule has 1 nitrogen and oxygen atoms in total. The average Bonchev–Trinajstić information content (AvgIpc) is 2.27. The van der Waals surface area contributed by atoms with Gasteiger partial charge in [0.05, 0.1) is 0 Å². The molecular formula is C16H37NWY-2. The molecule has 117 valence electrons. The Hall–Kier alpha value is 0.942. The van der Waals surface area contributed by atoms with Crippen molar-refractivity contribution in [2.45, 2.75) is 55.4 Å². The molecule has 0 aliphatic heterocycles. The molecule has 0 unspecified atom stereocenters. The third-order valence-electron chi connectivity index (χ3n) is 0.517. The van der Waals surface area contributed by atoms with Gasteiger partial charge in [-0.15, -0.1) is 0 Å². The maximum atomic E-state index is 3.66. The van der Waals surface area contributed by atoms with Gasteiger partial charge in [-0.1, -0.05) is 67.8 Å². The SMILES string of the molecule is C.CC.CC.CCC.[CH3-].[CH3-].[CH3-].[W+2].[Y].[c-]1ccccn1. The molecule has 1 aromatic rings. The van der Waals surface area contributed by atoms with Gasteiger partial charge >= 0.3 is 21.1 Å². The summed E-state index contributed by atoms with van der Waals surface area (Å²) >= 11 is 0. The van der Waals surface area contributed by atoms with Gasteiger partial charge in [-0.05, 0) is 0 Å². The standard InChI is InChI=1S/C5H4N.C3H8.2C2H6.CH4.3CH3.W.Y/c1-2-4-6-5-3-1;1-3-2;2*1-2;;;;;;/h1-4H;3H2,1-2H3;2*1-2H3;1H4;3*1H3;;/q-1;;;;;3*-1;+2;. The van der Waals surface area contributed by atoms with Crippen LogP contribution >= 0.6 is 0 Å². The van der Waals surface area contributed by atoms with Crippen LogP contribution in [0.1, 0.15) is 55.4 Å². The molecular weight excluding hydrogens is 479 g/mol. The van der Waals surface area contributed by atoms with Crippen LogP contribution in [0.5, 0.6) is 0 Å². The third-order valence-corrected chi connectivity index (χ3v) is 0.517. The monoisotopic (exact) mass is 516 g/mol.